The van der Waals surface area contributed by atoms with Gasteiger partial charge in [-0.2, -0.15) is 0 Å². The number of ether oxygens (including phenoxy) is 2. The fraction of sp³-hybridized carbons (Fsp3) is 0.621. The van der Waals surface area contributed by atoms with Crippen LogP contribution in [0.3, 0.4) is 0 Å². The molecule has 2 N–H and O–H groups in total. The van der Waals surface area contributed by atoms with E-state index in [4.69, 9.17) is 9.47 Å². The minimum Gasteiger partial charge on any atom is -0.379 e. The highest BCUT2D eigenvalue weighted by atomic mass is 16.5. The number of amides is 3. The van der Waals surface area contributed by atoms with E-state index in [0.717, 1.165) is 31.2 Å². The lowest BCUT2D eigenvalue weighted by molar-refractivity contribution is -0.141. The third-order valence-electron chi connectivity index (χ3n) is 8.19. The van der Waals surface area contributed by atoms with E-state index in [1.165, 1.54) is 6.42 Å². The topological polar surface area (TPSA) is 97.0 Å². The lowest BCUT2D eigenvalue weighted by atomic mass is 9.74. The van der Waals surface area contributed by atoms with Crippen molar-refractivity contribution in [1.29, 1.82) is 0 Å². The molecular formula is C29H39N3O5. The van der Waals surface area contributed by atoms with E-state index in [-0.39, 0.29) is 29.9 Å². The van der Waals surface area contributed by atoms with Crippen LogP contribution >= 0.6 is 0 Å². The van der Waals surface area contributed by atoms with Gasteiger partial charge in [-0.1, -0.05) is 49.1 Å². The normalized spacial score (nSPS) is 30.7. The van der Waals surface area contributed by atoms with E-state index < -0.39 is 29.6 Å². The Hall–Kier alpha value is -2.71. The first-order valence-corrected chi connectivity index (χ1v) is 13.8. The van der Waals surface area contributed by atoms with Crippen LogP contribution in [-0.2, 0) is 23.9 Å². The maximum absolute atomic E-state index is 13.9. The summed E-state index contributed by atoms with van der Waals surface area (Å²) in [6.45, 7) is 6.80. The zero-order valence-corrected chi connectivity index (χ0v) is 22.1. The molecule has 0 aromatic heterocycles. The van der Waals surface area contributed by atoms with Crippen molar-refractivity contribution in [2.24, 2.45) is 11.8 Å². The van der Waals surface area contributed by atoms with Gasteiger partial charge in [0.15, 0.2) is 0 Å². The number of rotatable bonds is 9. The fourth-order valence-corrected chi connectivity index (χ4v) is 6.45. The Morgan fingerprint density at radius 3 is 2.57 bits per heavy atom. The van der Waals surface area contributed by atoms with Crippen LogP contribution in [0.1, 0.15) is 57.9 Å². The Morgan fingerprint density at radius 1 is 1.14 bits per heavy atom. The maximum atomic E-state index is 13.9. The molecule has 1 saturated carbocycles. The highest BCUT2D eigenvalue weighted by Crippen LogP contribution is 2.55. The summed E-state index contributed by atoms with van der Waals surface area (Å²) < 4.78 is 12.1. The Bertz CT molecular complexity index is 1050. The molecule has 1 spiro atoms. The smallest absolute Gasteiger partial charge is 0.246 e. The van der Waals surface area contributed by atoms with Gasteiger partial charge >= 0.3 is 0 Å². The molecule has 3 amide bonds. The van der Waals surface area contributed by atoms with Crippen LogP contribution in [0.25, 0.3) is 0 Å². The molecule has 3 heterocycles. The highest BCUT2D eigenvalue weighted by molar-refractivity contribution is 6.02. The second-order valence-electron chi connectivity index (χ2n) is 11.2. The first-order valence-electron chi connectivity index (χ1n) is 13.8. The van der Waals surface area contributed by atoms with Gasteiger partial charge in [-0.05, 0) is 52.2 Å². The largest absolute Gasteiger partial charge is 0.379 e. The van der Waals surface area contributed by atoms with Gasteiger partial charge in [0.2, 0.25) is 17.7 Å². The van der Waals surface area contributed by atoms with Crippen molar-refractivity contribution >= 4 is 23.4 Å². The molecule has 2 saturated heterocycles. The molecular weight excluding hydrogens is 470 g/mol. The number of hydrogen-bond acceptors (Lipinski definition) is 5. The molecule has 1 aliphatic carbocycles. The summed E-state index contributed by atoms with van der Waals surface area (Å²) in [6.07, 6.45) is 9.17. The zero-order chi connectivity index (χ0) is 26.2. The summed E-state index contributed by atoms with van der Waals surface area (Å²) in [7, 11) is 0. The van der Waals surface area contributed by atoms with Crippen LogP contribution in [0.2, 0.25) is 0 Å². The van der Waals surface area contributed by atoms with Gasteiger partial charge < -0.3 is 25.0 Å². The number of anilines is 1. The number of carbonyl (C=O) groups excluding carboxylic acids is 3. The Kier molecular flexibility index (Phi) is 7.41. The van der Waals surface area contributed by atoms with Gasteiger partial charge in [0.25, 0.3) is 0 Å². The van der Waals surface area contributed by atoms with Gasteiger partial charge in [-0.3, -0.25) is 14.4 Å². The maximum Gasteiger partial charge on any atom is 0.246 e. The summed E-state index contributed by atoms with van der Waals surface area (Å²) in [6, 6.07) is 6.88. The predicted octanol–water partition coefficient (Wildman–Crippen LogP) is 3.35. The lowest BCUT2D eigenvalue weighted by Gasteiger charge is -2.34. The summed E-state index contributed by atoms with van der Waals surface area (Å²) in [5.41, 5.74) is 0.642. The second-order valence-corrected chi connectivity index (χ2v) is 11.2. The van der Waals surface area contributed by atoms with E-state index in [1.807, 2.05) is 57.2 Å². The number of fused-ring (bicyclic) bond motifs is 1. The number of aryl methyl sites for hydroxylation is 1. The second kappa shape index (κ2) is 10.6. The molecule has 5 rings (SSSR count). The number of likely N-dealkylation sites (tertiary alicyclic amines) is 1. The average molecular weight is 510 g/mol. The van der Waals surface area contributed by atoms with Crippen molar-refractivity contribution in [3.8, 4) is 0 Å². The summed E-state index contributed by atoms with van der Waals surface area (Å²) in [5.74, 6) is -2.06. The van der Waals surface area contributed by atoms with E-state index in [9.17, 15) is 14.4 Å². The Morgan fingerprint density at radius 2 is 1.86 bits per heavy atom. The molecule has 200 valence electrons. The van der Waals surface area contributed by atoms with Gasteiger partial charge in [0.05, 0.1) is 24.0 Å². The van der Waals surface area contributed by atoms with Crippen LogP contribution in [0.4, 0.5) is 5.69 Å². The van der Waals surface area contributed by atoms with Crippen molar-refractivity contribution in [2.75, 3.05) is 18.5 Å². The van der Waals surface area contributed by atoms with E-state index >= 15 is 0 Å². The third-order valence-corrected chi connectivity index (χ3v) is 8.19. The van der Waals surface area contributed by atoms with E-state index in [1.54, 1.807) is 4.90 Å². The first-order chi connectivity index (χ1) is 17.8. The number of benzene rings is 1. The van der Waals surface area contributed by atoms with Crippen LogP contribution in [-0.4, -0.2) is 65.7 Å². The Balaban J connectivity index is 1.39. The SMILES string of the molecule is Cc1ccc(NC(=O)C2C3C=CC4(O3)C2C(=O)N(CCCOC(C)C)C4C(=O)NC2CCCCC2)cc1. The minimum atomic E-state index is -1.13. The van der Waals surface area contributed by atoms with Gasteiger partial charge in [0.1, 0.15) is 11.6 Å². The minimum absolute atomic E-state index is 0.0920. The molecule has 4 aliphatic rings. The molecule has 3 aliphatic heterocycles. The molecule has 5 unspecified atom stereocenters. The van der Waals surface area contributed by atoms with Crippen LogP contribution in [0.15, 0.2) is 36.4 Å². The summed E-state index contributed by atoms with van der Waals surface area (Å²) in [4.78, 5) is 42.9. The van der Waals surface area contributed by atoms with Gasteiger partial charge in [-0.25, -0.2) is 0 Å². The fourth-order valence-electron chi connectivity index (χ4n) is 6.45. The van der Waals surface area contributed by atoms with Crippen LogP contribution in [0.5, 0.6) is 0 Å². The number of nitrogens with one attached hydrogen (secondary N) is 2. The average Bonchev–Trinajstić information content (AvgIpc) is 3.51. The molecule has 8 nitrogen and oxygen atoms in total. The number of nitrogens with zero attached hydrogens (tertiary/aromatic N) is 1. The highest BCUT2D eigenvalue weighted by Gasteiger charge is 2.72. The molecule has 37 heavy (non-hydrogen) atoms. The molecule has 5 atom stereocenters. The van der Waals surface area contributed by atoms with Crippen molar-refractivity contribution in [3.63, 3.8) is 0 Å². The molecule has 0 radical (unpaired) electrons. The standard InChI is InChI=1S/C29H39N3O5/c1-18(2)36-17-7-16-32-25(27(34)31-20-8-5-4-6-9-20)29-15-14-22(37-29)23(24(29)28(32)35)26(33)30-21-12-10-19(3)11-13-21/h10-15,18,20,22-25H,4-9,16-17H2,1-3H3,(H,30,33)(H,31,34). The monoisotopic (exact) mass is 509 g/mol. The third kappa shape index (κ3) is 4.93. The predicted molar refractivity (Wildman–Crippen MR) is 140 cm³/mol. The molecule has 8 heteroatoms. The summed E-state index contributed by atoms with van der Waals surface area (Å²) >= 11 is 0. The van der Waals surface area contributed by atoms with E-state index in [2.05, 4.69) is 10.6 Å². The van der Waals surface area contributed by atoms with Crippen molar-refractivity contribution in [2.45, 2.75) is 89.2 Å². The number of carbonyl (C=O) groups is 3. The van der Waals surface area contributed by atoms with Crippen molar-refractivity contribution < 1.29 is 23.9 Å². The van der Waals surface area contributed by atoms with Gasteiger partial charge in [-0.15, -0.1) is 0 Å². The van der Waals surface area contributed by atoms with E-state index in [0.29, 0.717) is 25.3 Å². The molecule has 2 bridgehead atoms. The quantitative estimate of drug-likeness (QED) is 0.393. The van der Waals surface area contributed by atoms with Crippen molar-refractivity contribution in [3.05, 3.63) is 42.0 Å². The van der Waals surface area contributed by atoms with Crippen LogP contribution < -0.4 is 10.6 Å². The lowest BCUT2D eigenvalue weighted by Crippen LogP contribution is -2.56. The first kappa shape index (κ1) is 25.9. The Labute approximate surface area is 219 Å². The van der Waals surface area contributed by atoms with Gasteiger partial charge in [0, 0.05) is 24.9 Å². The van der Waals surface area contributed by atoms with Crippen molar-refractivity contribution in [1.82, 2.24) is 10.2 Å². The molecule has 1 aromatic rings. The molecule has 3 fully saturated rings. The summed E-state index contributed by atoms with van der Waals surface area (Å²) in [5, 5.41) is 6.19. The molecule has 1 aromatic carbocycles. The zero-order valence-electron chi connectivity index (χ0n) is 22.1. The van der Waals surface area contributed by atoms with Crippen LogP contribution in [0, 0.1) is 18.8 Å². The number of hydrogen-bond donors (Lipinski definition) is 2.